The molecule has 1 aliphatic rings. The number of carbonyl (C=O) groups is 1. The lowest BCUT2D eigenvalue weighted by Gasteiger charge is -2.10. The summed E-state index contributed by atoms with van der Waals surface area (Å²) >= 11 is 5.90. The van der Waals surface area contributed by atoms with Gasteiger partial charge in [-0.2, -0.15) is 0 Å². The van der Waals surface area contributed by atoms with E-state index in [4.69, 9.17) is 21.1 Å². The van der Waals surface area contributed by atoms with Crippen molar-refractivity contribution in [2.24, 2.45) is 5.92 Å². The van der Waals surface area contributed by atoms with E-state index < -0.39 is 0 Å². The van der Waals surface area contributed by atoms with Crippen molar-refractivity contribution in [2.45, 2.75) is 12.8 Å². The van der Waals surface area contributed by atoms with E-state index in [9.17, 15) is 4.79 Å². The smallest absolute Gasteiger partial charge is 0.167 e. The van der Waals surface area contributed by atoms with Crippen molar-refractivity contribution in [1.82, 2.24) is 0 Å². The molecule has 1 heterocycles. The molecule has 92 valence electrons. The van der Waals surface area contributed by atoms with Crippen molar-refractivity contribution in [1.29, 1.82) is 0 Å². The van der Waals surface area contributed by atoms with Crippen LogP contribution in [0.25, 0.3) is 0 Å². The van der Waals surface area contributed by atoms with Crippen LogP contribution in [0.15, 0.2) is 18.2 Å². The molecule has 4 heteroatoms. The van der Waals surface area contributed by atoms with E-state index in [1.54, 1.807) is 25.3 Å². The minimum Gasteiger partial charge on any atom is -0.496 e. The normalized spacial score (nSPS) is 19.3. The Kier molecular flexibility index (Phi) is 4.02. The maximum atomic E-state index is 12.1. The Morgan fingerprint density at radius 3 is 3.06 bits per heavy atom. The minimum absolute atomic E-state index is 0.0693. The number of benzene rings is 1. The summed E-state index contributed by atoms with van der Waals surface area (Å²) in [5.41, 5.74) is 0.562. The maximum absolute atomic E-state index is 12.1. The van der Waals surface area contributed by atoms with Crippen molar-refractivity contribution in [2.75, 3.05) is 20.3 Å². The van der Waals surface area contributed by atoms with Crippen LogP contribution in [0.4, 0.5) is 0 Å². The summed E-state index contributed by atoms with van der Waals surface area (Å²) in [6, 6.07) is 5.11. The van der Waals surface area contributed by atoms with Crippen molar-refractivity contribution >= 4 is 17.4 Å². The first-order chi connectivity index (χ1) is 8.20. The van der Waals surface area contributed by atoms with Gasteiger partial charge in [0.25, 0.3) is 0 Å². The van der Waals surface area contributed by atoms with Gasteiger partial charge in [0.15, 0.2) is 5.78 Å². The van der Waals surface area contributed by atoms with Gasteiger partial charge in [0.05, 0.1) is 12.7 Å². The monoisotopic (exact) mass is 254 g/mol. The molecule has 0 aromatic heterocycles. The zero-order valence-electron chi connectivity index (χ0n) is 9.74. The average Bonchev–Trinajstić information content (AvgIpc) is 2.81. The summed E-state index contributed by atoms with van der Waals surface area (Å²) < 4.78 is 10.4. The van der Waals surface area contributed by atoms with E-state index in [0.717, 1.165) is 13.0 Å². The Morgan fingerprint density at radius 2 is 2.41 bits per heavy atom. The highest BCUT2D eigenvalue weighted by molar-refractivity contribution is 6.31. The molecule has 0 spiro atoms. The molecule has 1 aliphatic heterocycles. The largest absolute Gasteiger partial charge is 0.496 e. The third-order valence-electron chi connectivity index (χ3n) is 2.96. The predicted octanol–water partition coefficient (Wildman–Crippen LogP) is 2.96. The van der Waals surface area contributed by atoms with Gasteiger partial charge in [-0.05, 0) is 30.5 Å². The molecule has 1 unspecified atom stereocenters. The molecular formula is C13H15ClO3. The number of Topliss-reactive ketones (excluding diaryl/α,β-unsaturated/α-hetero) is 1. The van der Waals surface area contributed by atoms with E-state index in [0.29, 0.717) is 35.3 Å². The first-order valence-electron chi connectivity index (χ1n) is 5.65. The highest BCUT2D eigenvalue weighted by Crippen LogP contribution is 2.26. The molecule has 1 fully saturated rings. The fourth-order valence-corrected chi connectivity index (χ4v) is 2.19. The first kappa shape index (κ1) is 12.4. The Labute approximate surface area is 106 Å². The standard InChI is InChI=1S/C13H15ClO3/c1-16-13-3-2-10(14)7-11(13)12(15)6-9-4-5-17-8-9/h2-3,7,9H,4-6,8H2,1H3. The van der Waals surface area contributed by atoms with Crippen LogP contribution in [0.5, 0.6) is 5.75 Å². The molecule has 1 aromatic carbocycles. The average molecular weight is 255 g/mol. The molecule has 0 aliphatic carbocycles. The maximum Gasteiger partial charge on any atom is 0.167 e. The Hall–Kier alpha value is -1.06. The van der Waals surface area contributed by atoms with Crippen LogP contribution < -0.4 is 4.74 Å². The number of ketones is 1. The van der Waals surface area contributed by atoms with Crippen LogP contribution in [-0.2, 0) is 4.74 Å². The SMILES string of the molecule is COc1ccc(Cl)cc1C(=O)CC1CCOC1. The topological polar surface area (TPSA) is 35.5 Å². The van der Waals surface area contributed by atoms with E-state index in [2.05, 4.69) is 0 Å². The highest BCUT2D eigenvalue weighted by Gasteiger charge is 2.21. The van der Waals surface area contributed by atoms with Crippen LogP contribution in [0.2, 0.25) is 5.02 Å². The van der Waals surface area contributed by atoms with Crippen LogP contribution >= 0.6 is 11.6 Å². The van der Waals surface area contributed by atoms with Gasteiger partial charge in [0.2, 0.25) is 0 Å². The molecule has 0 bridgehead atoms. The minimum atomic E-state index is 0.0693. The molecule has 0 saturated carbocycles. The summed E-state index contributed by atoms with van der Waals surface area (Å²) in [4.78, 5) is 12.1. The van der Waals surface area contributed by atoms with Gasteiger partial charge >= 0.3 is 0 Å². The molecule has 17 heavy (non-hydrogen) atoms. The lowest BCUT2D eigenvalue weighted by molar-refractivity contribution is 0.0950. The lowest BCUT2D eigenvalue weighted by atomic mass is 9.97. The second-order valence-electron chi connectivity index (χ2n) is 4.20. The van der Waals surface area contributed by atoms with E-state index in [-0.39, 0.29) is 5.78 Å². The van der Waals surface area contributed by atoms with E-state index in [1.165, 1.54) is 0 Å². The molecule has 0 amide bonds. The summed E-state index contributed by atoms with van der Waals surface area (Å²) in [6.07, 6.45) is 1.45. The Bertz CT molecular complexity index is 411. The van der Waals surface area contributed by atoms with Crippen molar-refractivity contribution < 1.29 is 14.3 Å². The first-order valence-corrected chi connectivity index (χ1v) is 6.03. The number of hydrogen-bond acceptors (Lipinski definition) is 3. The summed E-state index contributed by atoms with van der Waals surface area (Å²) in [7, 11) is 1.55. The van der Waals surface area contributed by atoms with Gasteiger partial charge in [-0.15, -0.1) is 0 Å². The molecule has 2 rings (SSSR count). The van der Waals surface area contributed by atoms with Crippen LogP contribution in [-0.4, -0.2) is 26.1 Å². The third-order valence-corrected chi connectivity index (χ3v) is 3.20. The molecule has 0 N–H and O–H groups in total. The van der Waals surface area contributed by atoms with Crippen molar-refractivity contribution in [3.05, 3.63) is 28.8 Å². The molecule has 0 radical (unpaired) electrons. The van der Waals surface area contributed by atoms with Crippen LogP contribution in [0.3, 0.4) is 0 Å². The van der Waals surface area contributed by atoms with E-state index >= 15 is 0 Å². The molecular weight excluding hydrogens is 240 g/mol. The number of methoxy groups -OCH3 is 1. The zero-order valence-corrected chi connectivity index (χ0v) is 10.5. The van der Waals surface area contributed by atoms with Crippen molar-refractivity contribution in [3.8, 4) is 5.75 Å². The summed E-state index contributed by atoms with van der Waals surface area (Å²) in [5, 5.41) is 0.553. The zero-order chi connectivity index (χ0) is 12.3. The van der Waals surface area contributed by atoms with Crippen LogP contribution in [0, 0.1) is 5.92 Å². The van der Waals surface area contributed by atoms with Gasteiger partial charge in [0, 0.05) is 24.7 Å². The number of ether oxygens (including phenoxy) is 2. The number of halogens is 1. The van der Waals surface area contributed by atoms with Gasteiger partial charge in [-0.1, -0.05) is 11.6 Å². The van der Waals surface area contributed by atoms with E-state index in [1.807, 2.05) is 0 Å². The van der Waals surface area contributed by atoms with Crippen LogP contribution in [0.1, 0.15) is 23.2 Å². The fraction of sp³-hybridized carbons (Fsp3) is 0.462. The lowest BCUT2D eigenvalue weighted by Crippen LogP contribution is -2.10. The second-order valence-corrected chi connectivity index (χ2v) is 4.64. The molecule has 1 saturated heterocycles. The van der Waals surface area contributed by atoms with Crippen molar-refractivity contribution in [3.63, 3.8) is 0 Å². The summed E-state index contributed by atoms with van der Waals surface area (Å²) in [5.74, 6) is 0.976. The molecule has 3 nitrogen and oxygen atoms in total. The highest BCUT2D eigenvalue weighted by atomic mass is 35.5. The predicted molar refractivity (Wildman–Crippen MR) is 65.9 cm³/mol. The second kappa shape index (κ2) is 5.52. The number of hydrogen-bond donors (Lipinski definition) is 0. The molecule has 1 aromatic rings. The van der Waals surface area contributed by atoms with Gasteiger partial charge in [-0.25, -0.2) is 0 Å². The van der Waals surface area contributed by atoms with Gasteiger partial charge in [-0.3, -0.25) is 4.79 Å². The third kappa shape index (κ3) is 2.99. The number of rotatable bonds is 4. The number of carbonyl (C=O) groups excluding carboxylic acids is 1. The quantitative estimate of drug-likeness (QED) is 0.775. The Morgan fingerprint density at radius 1 is 1.59 bits per heavy atom. The van der Waals surface area contributed by atoms with Gasteiger partial charge in [0.1, 0.15) is 5.75 Å². The molecule has 1 atom stereocenters. The van der Waals surface area contributed by atoms with Gasteiger partial charge < -0.3 is 9.47 Å². The Balaban J connectivity index is 2.14. The fourth-order valence-electron chi connectivity index (χ4n) is 2.01. The summed E-state index contributed by atoms with van der Waals surface area (Å²) in [6.45, 7) is 1.43.